The SMILES string of the molecule is O=C1CCC(N2Cc3nc(C4(O)CCN(Cc5cccc(N6CCOCC6)c5)CC4)ccc3C2=O)C(=O)N1. The summed E-state index contributed by atoms with van der Waals surface area (Å²) in [4.78, 5) is 47.7. The number of aliphatic hydroxyl groups is 1. The Morgan fingerprint density at radius 1 is 1.05 bits per heavy atom. The number of likely N-dealkylation sites (tertiary alicyclic amines) is 1. The molecule has 200 valence electrons. The summed E-state index contributed by atoms with van der Waals surface area (Å²) in [6.45, 7) is 5.83. The summed E-state index contributed by atoms with van der Waals surface area (Å²) < 4.78 is 5.47. The largest absolute Gasteiger partial charge is 0.383 e. The molecule has 6 rings (SSSR count). The third-order valence-electron chi connectivity index (χ3n) is 8.22. The maximum Gasteiger partial charge on any atom is 0.256 e. The van der Waals surface area contributed by atoms with Crippen molar-refractivity contribution in [3.63, 3.8) is 0 Å². The van der Waals surface area contributed by atoms with Gasteiger partial charge in [-0.15, -0.1) is 0 Å². The Bertz CT molecular complexity index is 1250. The summed E-state index contributed by atoms with van der Waals surface area (Å²) in [5, 5.41) is 13.8. The van der Waals surface area contributed by atoms with Gasteiger partial charge in [-0.25, -0.2) is 0 Å². The average Bonchev–Trinajstić information content (AvgIpc) is 3.26. The van der Waals surface area contributed by atoms with Gasteiger partial charge < -0.3 is 19.6 Å². The number of nitrogens with zero attached hydrogens (tertiary/aromatic N) is 4. The van der Waals surface area contributed by atoms with Gasteiger partial charge in [-0.2, -0.15) is 0 Å². The molecule has 1 atom stereocenters. The zero-order chi connectivity index (χ0) is 26.3. The zero-order valence-corrected chi connectivity index (χ0v) is 21.4. The Balaban J connectivity index is 1.09. The van der Waals surface area contributed by atoms with E-state index in [0.717, 1.165) is 45.9 Å². The Hall–Kier alpha value is -3.34. The number of ether oxygens (including phenoxy) is 1. The number of amides is 3. The zero-order valence-electron chi connectivity index (χ0n) is 21.4. The molecule has 38 heavy (non-hydrogen) atoms. The minimum absolute atomic E-state index is 0.204. The molecule has 2 aromatic rings. The monoisotopic (exact) mass is 519 g/mol. The molecule has 4 aliphatic rings. The molecule has 0 radical (unpaired) electrons. The van der Waals surface area contributed by atoms with Gasteiger partial charge in [0.1, 0.15) is 11.6 Å². The quantitative estimate of drug-likeness (QED) is 0.566. The number of carbonyl (C=O) groups excluding carboxylic acids is 3. The second kappa shape index (κ2) is 10.1. The predicted molar refractivity (Wildman–Crippen MR) is 138 cm³/mol. The first-order chi connectivity index (χ1) is 18.4. The number of fused-ring (bicyclic) bond motifs is 1. The number of rotatable bonds is 5. The van der Waals surface area contributed by atoms with Gasteiger partial charge in [0.15, 0.2) is 0 Å². The highest BCUT2D eigenvalue weighted by molar-refractivity contribution is 6.05. The lowest BCUT2D eigenvalue weighted by Gasteiger charge is -2.38. The first kappa shape index (κ1) is 25.0. The molecule has 4 aliphatic heterocycles. The number of morpholine rings is 1. The minimum Gasteiger partial charge on any atom is -0.383 e. The van der Waals surface area contributed by atoms with E-state index < -0.39 is 17.6 Å². The van der Waals surface area contributed by atoms with Crippen LogP contribution in [0.25, 0.3) is 0 Å². The van der Waals surface area contributed by atoms with Gasteiger partial charge >= 0.3 is 0 Å². The molecule has 1 aromatic carbocycles. The number of nitrogens with one attached hydrogen (secondary N) is 1. The Kier molecular flexibility index (Phi) is 6.63. The van der Waals surface area contributed by atoms with Crippen molar-refractivity contribution in [1.29, 1.82) is 0 Å². The number of carbonyl (C=O) groups is 3. The molecule has 0 aliphatic carbocycles. The van der Waals surface area contributed by atoms with Crippen molar-refractivity contribution >= 4 is 23.4 Å². The van der Waals surface area contributed by atoms with Gasteiger partial charge in [0, 0.05) is 44.8 Å². The van der Waals surface area contributed by atoms with Crippen LogP contribution in [-0.2, 0) is 33.0 Å². The maximum absolute atomic E-state index is 13.0. The van der Waals surface area contributed by atoms with Crippen molar-refractivity contribution < 1.29 is 24.2 Å². The first-order valence-corrected chi connectivity index (χ1v) is 13.4. The molecule has 1 unspecified atom stereocenters. The highest BCUT2D eigenvalue weighted by Gasteiger charge is 2.41. The number of pyridine rings is 1. The van der Waals surface area contributed by atoms with Gasteiger partial charge in [0.05, 0.1) is 36.7 Å². The first-order valence-electron chi connectivity index (χ1n) is 13.4. The van der Waals surface area contributed by atoms with Crippen molar-refractivity contribution in [2.24, 2.45) is 0 Å². The molecule has 0 saturated carbocycles. The molecule has 2 N–H and O–H groups in total. The molecule has 10 heteroatoms. The van der Waals surface area contributed by atoms with Crippen LogP contribution in [0.2, 0.25) is 0 Å². The predicted octanol–water partition coefficient (Wildman–Crippen LogP) is 1.16. The summed E-state index contributed by atoms with van der Waals surface area (Å²) in [5.41, 5.74) is 3.02. The molecule has 3 fully saturated rings. The van der Waals surface area contributed by atoms with E-state index >= 15 is 0 Å². The van der Waals surface area contributed by atoms with Crippen molar-refractivity contribution in [3.8, 4) is 0 Å². The maximum atomic E-state index is 13.0. The summed E-state index contributed by atoms with van der Waals surface area (Å²) in [6.07, 6.45) is 1.62. The Morgan fingerprint density at radius 3 is 2.61 bits per heavy atom. The highest BCUT2D eigenvalue weighted by atomic mass is 16.5. The van der Waals surface area contributed by atoms with Crippen molar-refractivity contribution in [2.45, 2.75) is 50.4 Å². The minimum atomic E-state index is -1.06. The summed E-state index contributed by atoms with van der Waals surface area (Å²) in [5.74, 6) is -1.01. The molecule has 1 aromatic heterocycles. The van der Waals surface area contributed by atoms with Crippen LogP contribution in [0.15, 0.2) is 36.4 Å². The van der Waals surface area contributed by atoms with Crippen LogP contribution in [0.1, 0.15) is 53.0 Å². The topological polar surface area (TPSA) is 115 Å². The van der Waals surface area contributed by atoms with Crippen molar-refractivity contribution in [2.75, 3.05) is 44.3 Å². The van der Waals surface area contributed by atoms with Crippen LogP contribution < -0.4 is 10.2 Å². The highest BCUT2D eigenvalue weighted by Crippen LogP contribution is 2.35. The Labute approximate surface area is 221 Å². The van der Waals surface area contributed by atoms with E-state index in [1.165, 1.54) is 16.2 Å². The van der Waals surface area contributed by atoms with Crippen LogP contribution in [0.3, 0.4) is 0 Å². The smallest absolute Gasteiger partial charge is 0.256 e. The number of anilines is 1. The van der Waals surface area contributed by atoms with E-state index in [1.807, 2.05) is 0 Å². The van der Waals surface area contributed by atoms with Gasteiger partial charge in [0.25, 0.3) is 5.91 Å². The number of piperidine rings is 2. The average molecular weight is 520 g/mol. The summed E-state index contributed by atoms with van der Waals surface area (Å²) >= 11 is 0. The van der Waals surface area contributed by atoms with Crippen LogP contribution in [0, 0.1) is 0 Å². The van der Waals surface area contributed by atoms with Gasteiger partial charge in [0.2, 0.25) is 11.8 Å². The van der Waals surface area contributed by atoms with E-state index in [9.17, 15) is 19.5 Å². The standard InChI is InChI=1S/C28H33N5O5/c34-25-7-5-23(26(35)30-25)33-18-22-21(27(33)36)4-6-24(29-22)28(37)8-10-31(11-9-28)17-19-2-1-3-20(16-19)32-12-14-38-15-13-32/h1-4,6,16,23,37H,5,7-15,17-18H2,(H,30,34,35). The Morgan fingerprint density at radius 2 is 1.84 bits per heavy atom. The van der Waals surface area contributed by atoms with Crippen LogP contribution in [0.4, 0.5) is 5.69 Å². The van der Waals surface area contributed by atoms with Crippen LogP contribution >= 0.6 is 0 Å². The van der Waals surface area contributed by atoms with E-state index in [4.69, 9.17) is 9.72 Å². The van der Waals surface area contributed by atoms with E-state index in [0.29, 0.717) is 36.2 Å². The fourth-order valence-electron chi connectivity index (χ4n) is 5.96. The number of hydrogen-bond acceptors (Lipinski definition) is 8. The number of benzene rings is 1. The molecule has 3 saturated heterocycles. The lowest BCUT2D eigenvalue weighted by molar-refractivity contribution is -0.136. The molecular weight excluding hydrogens is 486 g/mol. The van der Waals surface area contributed by atoms with E-state index in [1.54, 1.807) is 12.1 Å². The van der Waals surface area contributed by atoms with Crippen molar-refractivity contribution in [3.05, 3.63) is 58.9 Å². The fourth-order valence-corrected chi connectivity index (χ4v) is 5.96. The molecule has 5 heterocycles. The number of hydrogen-bond donors (Lipinski definition) is 2. The van der Waals surface area contributed by atoms with Gasteiger partial charge in [-0.3, -0.25) is 29.6 Å². The van der Waals surface area contributed by atoms with E-state index in [-0.39, 0.29) is 24.8 Å². The van der Waals surface area contributed by atoms with E-state index in [2.05, 4.69) is 39.4 Å². The molecule has 3 amide bonds. The number of imide groups is 1. The second-order valence-electron chi connectivity index (χ2n) is 10.7. The second-order valence-corrected chi connectivity index (χ2v) is 10.7. The third-order valence-corrected chi connectivity index (χ3v) is 8.22. The lowest BCUT2D eigenvalue weighted by Crippen LogP contribution is -2.52. The number of aromatic nitrogens is 1. The lowest BCUT2D eigenvalue weighted by atomic mass is 9.87. The normalized spacial score (nSPS) is 23.9. The van der Waals surface area contributed by atoms with Crippen molar-refractivity contribution in [1.82, 2.24) is 20.1 Å². The summed E-state index contributed by atoms with van der Waals surface area (Å²) in [7, 11) is 0. The molecular formula is C28H33N5O5. The van der Waals surface area contributed by atoms with Gasteiger partial charge in [-0.05, 0) is 49.1 Å². The summed E-state index contributed by atoms with van der Waals surface area (Å²) in [6, 6.07) is 11.4. The fraction of sp³-hybridized carbons (Fsp3) is 0.500. The molecule has 10 nitrogen and oxygen atoms in total. The van der Waals surface area contributed by atoms with Crippen LogP contribution in [0.5, 0.6) is 0 Å². The molecule has 0 spiro atoms. The van der Waals surface area contributed by atoms with Gasteiger partial charge in [-0.1, -0.05) is 12.1 Å². The molecule has 0 bridgehead atoms. The van der Waals surface area contributed by atoms with Crippen LogP contribution in [-0.4, -0.2) is 83.0 Å². The third kappa shape index (κ3) is 4.79.